The van der Waals surface area contributed by atoms with Crippen molar-refractivity contribution in [2.24, 2.45) is 11.7 Å². The van der Waals surface area contributed by atoms with Gasteiger partial charge in [-0.2, -0.15) is 0 Å². The number of imidazole rings is 1. The average molecular weight is 343 g/mol. The minimum Gasteiger partial charge on any atom is -0.355 e. The van der Waals surface area contributed by atoms with Gasteiger partial charge in [-0.3, -0.25) is 9.59 Å². The van der Waals surface area contributed by atoms with Gasteiger partial charge in [0.15, 0.2) is 0 Å². The van der Waals surface area contributed by atoms with Gasteiger partial charge in [0, 0.05) is 39.1 Å². The molecule has 0 radical (unpaired) electrons. The largest absolute Gasteiger partial charge is 0.355 e. The third-order valence-electron chi connectivity index (χ3n) is 4.68. The number of nitrogens with zero attached hydrogens (tertiary/aromatic N) is 3. The van der Waals surface area contributed by atoms with Crippen molar-refractivity contribution in [1.29, 1.82) is 0 Å². The summed E-state index contributed by atoms with van der Waals surface area (Å²) in [7, 11) is 0. The fraction of sp³-hybridized carbons (Fsp3) is 0.500. The normalized spacial score (nSPS) is 17.6. The molecule has 3 N–H and O–H groups in total. The molecule has 1 aromatic heterocycles. The van der Waals surface area contributed by atoms with E-state index in [2.05, 4.69) is 10.3 Å². The summed E-state index contributed by atoms with van der Waals surface area (Å²) in [5.41, 5.74) is 7.39. The van der Waals surface area contributed by atoms with Gasteiger partial charge in [-0.1, -0.05) is 12.1 Å². The lowest BCUT2D eigenvalue weighted by molar-refractivity contribution is -0.135. The summed E-state index contributed by atoms with van der Waals surface area (Å²) in [5, 5.41) is 2.82. The SMILES string of the molecule is NCCNC(=O)C1CCCN(C(=O)CCn2cnc3ccccc32)C1. The number of hydrogen-bond acceptors (Lipinski definition) is 4. The number of aryl methyl sites for hydroxylation is 1. The minimum atomic E-state index is -0.127. The van der Waals surface area contributed by atoms with Crippen molar-refractivity contribution in [2.75, 3.05) is 26.2 Å². The van der Waals surface area contributed by atoms with Crippen molar-refractivity contribution in [3.05, 3.63) is 30.6 Å². The molecule has 1 fully saturated rings. The highest BCUT2D eigenvalue weighted by Crippen LogP contribution is 2.18. The monoisotopic (exact) mass is 343 g/mol. The molecule has 25 heavy (non-hydrogen) atoms. The zero-order chi connectivity index (χ0) is 17.6. The molecule has 1 saturated heterocycles. The lowest BCUT2D eigenvalue weighted by atomic mass is 9.97. The van der Waals surface area contributed by atoms with E-state index in [1.807, 2.05) is 33.7 Å². The highest BCUT2D eigenvalue weighted by atomic mass is 16.2. The lowest BCUT2D eigenvalue weighted by Gasteiger charge is -2.32. The zero-order valence-electron chi connectivity index (χ0n) is 14.4. The predicted molar refractivity (Wildman–Crippen MR) is 95.7 cm³/mol. The number of amides is 2. The molecule has 134 valence electrons. The number of hydrogen-bond donors (Lipinski definition) is 2. The van der Waals surface area contributed by atoms with Crippen molar-refractivity contribution < 1.29 is 9.59 Å². The van der Waals surface area contributed by atoms with Crippen LogP contribution in [0.5, 0.6) is 0 Å². The van der Waals surface area contributed by atoms with E-state index in [1.165, 1.54) is 0 Å². The molecule has 1 aromatic carbocycles. The fourth-order valence-corrected chi connectivity index (χ4v) is 3.32. The van der Waals surface area contributed by atoms with Crippen LogP contribution in [0.4, 0.5) is 0 Å². The molecule has 2 heterocycles. The number of aromatic nitrogens is 2. The van der Waals surface area contributed by atoms with Crippen molar-refractivity contribution in [1.82, 2.24) is 19.8 Å². The molecule has 1 unspecified atom stereocenters. The number of carbonyl (C=O) groups excluding carboxylic acids is 2. The third kappa shape index (κ3) is 4.17. The molecule has 0 aliphatic carbocycles. The van der Waals surface area contributed by atoms with E-state index >= 15 is 0 Å². The number of benzene rings is 1. The van der Waals surface area contributed by atoms with Gasteiger partial charge in [-0.05, 0) is 25.0 Å². The van der Waals surface area contributed by atoms with Gasteiger partial charge in [0.1, 0.15) is 0 Å². The summed E-state index contributed by atoms with van der Waals surface area (Å²) in [5.74, 6) is -0.0315. The first-order valence-corrected chi connectivity index (χ1v) is 8.84. The van der Waals surface area contributed by atoms with Crippen LogP contribution in [0.15, 0.2) is 30.6 Å². The third-order valence-corrected chi connectivity index (χ3v) is 4.68. The Labute approximate surface area is 147 Å². The smallest absolute Gasteiger partial charge is 0.224 e. The lowest BCUT2D eigenvalue weighted by Crippen LogP contribution is -2.46. The number of nitrogens with two attached hydrogens (primary N) is 1. The summed E-state index contributed by atoms with van der Waals surface area (Å²) in [6.45, 7) is 2.74. The first-order valence-electron chi connectivity index (χ1n) is 8.84. The van der Waals surface area contributed by atoms with Crippen molar-refractivity contribution in [2.45, 2.75) is 25.8 Å². The maximum Gasteiger partial charge on any atom is 0.224 e. The minimum absolute atomic E-state index is 0.00329. The van der Waals surface area contributed by atoms with E-state index in [4.69, 9.17) is 5.73 Å². The van der Waals surface area contributed by atoms with Crippen LogP contribution in [0, 0.1) is 5.92 Å². The maximum atomic E-state index is 12.6. The molecule has 0 saturated carbocycles. The number of nitrogens with one attached hydrogen (secondary N) is 1. The molecular formula is C18H25N5O2. The topological polar surface area (TPSA) is 93.3 Å². The van der Waals surface area contributed by atoms with Gasteiger partial charge >= 0.3 is 0 Å². The van der Waals surface area contributed by atoms with Gasteiger partial charge < -0.3 is 20.5 Å². The number of rotatable bonds is 6. The Hall–Kier alpha value is -2.41. The molecule has 2 aromatic rings. The Bertz CT molecular complexity index is 742. The summed E-state index contributed by atoms with van der Waals surface area (Å²) in [6, 6.07) is 7.89. The average Bonchev–Trinajstić information content (AvgIpc) is 3.07. The van der Waals surface area contributed by atoms with Crippen LogP contribution < -0.4 is 11.1 Å². The molecule has 7 nitrogen and oxygen atoms in total. The second kappa shape index (κ2) is 8.11. The summed E-state index contributed by atoms with van der Waals surface area (Å²) < 4.78 is 2.00. The summed E-state index contributed by atoms with van der Waals surface area (Å²) in [4.78, 5) is 30.8. The number of piperidine rings is 1. The van der Waals surface area contributed by atoms with Crippen LogP contribution in [-0.2, 0) is 16.1 Å². The van der Waals surface area contributed by atoms with Gasteiger partial charge in [0.05, 0.1) is 23.3 Å². The predicted octanol–water partition coefficient (Wildman–Crippen LogP) is 0.740. The summed E-state index contributed by atoms with van der Waals surface area (Å²) in [6.07, 6.45) is 3.88. The van der Waals surface area contributed by atoms with Crippen LogP contribution in [-0.4, -0.2) is 52.4 Å². The van der Waals surface area contributed by atoms with Crippen LogP contribution >= 0.6 is 0 Å². The highest BCUT2D eigenvalue weighted by molar-refractivity contribution is 5.81. The van der Waals surface area contributed by atoms with Crippen molar-refractivity contribution in [3.63, 3.8) is 0 Å². The van der Waals surface area contributed by atoms with Crippen LogP contribution in [0.1, 0.15) is 19.3 Å². The first kappa shape index (κ1) is 17.4. The van der Waals surface area contributed by atoms with Crippen molar-refractivity contribution in [3.8, 4) is 0 Å². The van der Waals surface area contributed by atoms with Gasteiger partial charge in [-0.25, -0.2) is 4.98 Å². The molecule has 0 bridgehead atoms. The van der Waals surface area contributed by atoms with Gasteiger partial charge in [0.25, 0.3) is 0 Å². The molecule has 1 aliphatic rings. The van der Waals surface area contributed by atoms with E-state index < -0.39 is 0 Å². The molecule has 2 amide bonds. The molecule has 0 spiro atoms. The van der Waals surface area contributed by atoms with Crippen LogP contribution in [0.25, 0.3) is 11.0 Å². The number of fused-ring (bicyclic) bond motifs is 1. The first-order chi connectivity index (χ1) is 12.2. The number of likely N-dealkylation sites (tertiary alicyclic amines) is 1. The zero-order valence-corrected chi connectivity index (χ0v) is 14.4. The highest BCUT2D eigenvalue weighted by Gasteiger charge is 2.27. The Morgan fingerprint density at radius 1 is 1.32 bits per heavy atom. The van der Waals surface area contributed by atoms with Gasteiger partial charge in [0.2, 0.25) is 11.8 Å². The van der Waals surface area contributed by atoms with E-state index in [0.717, 1.165) is 30.4 Å². The second-order valence-corrected chi connectivity index (χ2v) is 6.44. The maximum absolute atomic E-state index is 12.6. The Morgan fingerprint density at radius 2 is 2.16 bits per heavy atom. The molecular weight excluding hydrogens is 318 g/mol. The fourth-order valence-electron chi connectivity index (χ4n) is 3.32. The van der Waals surface area contributed by atoms with E-state index in [1.54, 1.807) is 6.33 Å². The molecule has 7 heteroatoms. The molecule has 3 rings (SSSR count). The standard InChI is InChI=1S/C18H25N5O2/c19-8-9-20-18(25)14-4-3-10-22(12-14)17(24)7-11-23-13-21-15-5-1-2-6-16(15)23/h1-2,5-6,13-14H,3-4,7-12,19H2,(H,20,25). The number of para-hydroxylation sites is 2. The quantitative estimate of drug-likeness (QED) is 0.809. The van der Waals surface area contributed by atoms with Crippen molar-refractivity contribution >= 4 is 22.8 Å². The molecule has 1 aliphatic heterocycles. The Kier molecular flexibility index (Phi) is 5.65. The Morgan fingerprint density at radius 3 is 3.00 bits per heavy atom. The van der Waals surface area contributed by atoms with Crippen LogP contribution in [0.2, 0.25) is 0 Å². The van der Waals surface area contributed by atoms with E-state index in [-0.39, 0.29) is 17.7 Å². The summed E-state index contributed by atoms with van der Waals surface area (Å²) >= 11 is 0. The molecule has 1 atom stereocenters. The number of carbonyl (C=O) groups is 2. The van der Waals surface area contributed by atoms with Gasteiger partial charge in [-0.15, -0.1) is 0 Å². The second-order valence-electron chi connectivity index (χ2n) is 6.44. The van der Waals surface area contributed by atoms with Crippen LogP contribution in [0.3, 0.4) is 0 Å². The Balaban J connectivity index is 1.55. The van der Waals surface area contributed by atoms with E-state index in [9.17, 15) is 9.59 Å². The van der Waals surface area contributed by atoms with E-state index in [0.29, 0.717) is 32.6 Å².